The molecule has 0 aliphatic rings. The third kappa shape index (κ3) is 3.15. The van der Waals surface area contributed by atoms with Crippen molar-refractivity contribution in [2.45, 2.75) is 20.0 Å². The molecule has 0 aliphatic heterocycles. The predicted molar refractivity (Wildman–Crippen MR) is 90.7 cm³/mol. The van der Waals surface area contributed by atoms with Crippen molar-refractivity contribution >= 4 is 28.7 Å². The van der Waals surface area contributed by atoms with Crippen molar-refractivity contribution in [3.8, 4) is 0 Å². The highest BCUT2D eigenvalue weighted by atomic mass is 16.5. The molecular formula is C19H17NO4. The number of H-pyrrole nitrogens is 1. The number of Topliss-reactive ketones (excluding diaryl/α,β-unsaturated/α-hetero) is 1. The van der Waals surface area contributed by atoms with E-state index < -0.39 is 12.1 Å². The highest BCUT2D eigenvalue weighted by Gasteiger charge is 2.23. The lowest BCUT2D eigenvalue weighted by Crippen LogP contribution is -2.24. The van der Waals surface area contributed by atoms with Crippen LogP contribution in [0.1, 0.15) is 28.7 Å². The third-order valence-corrected chi connectivity index (χ3v) is 3.73. The Morgan fingerprint density at radius 3 is 2.75 bits per heavy atom. The molecule has 122 valence electrons. The lowest BCUT2D eigenvalue weighted by Gasteiger charge is -2.11. The van der Waals surface area contributed by atoms with Crippen LogP contribution in [0.5, 0.6) is 0 Å². The van der Waals surface area contributed by atoms with Gasteiger partial charge in [0.1, 0.15) is 5.76 Å². The Morgan fingerprint density at radius 2 is 2.00 bits per heavy atom. The zero-order valence-electron chi connectivity index (χ0n) is 13.4. The van der Waals surface area contributed by atoms with Crippen molar-refractivity contribution in [2.24, 2.45) is 0 Å². The van der Waals surface area contributed by atoms with Crippen LogP contribution in [0.4, 0.5) is 0 Å². The maximum Gasteiger partial charge on any atom is 0.331 e. The number of ketones is 1. The number of aromatic nitrogens is 1. The number of benzene rings is 1. The van der Waals surface area contributed by atoms with Gasteiger partial charge in [-0.05, 0) is 38.1 Å². The smallest absolute Gasteiger partial charge is 0.331 e. The first-order valence-electron chi connectivity index (χ1n) is 7.60. The fourth-order valence-corrected chi connectivity index (χ4v) is 2.60. The van der Waals surface area contributed by atoms with Gasteiger partial charge in [0, 0.05) is 28.2 Å². The summed E-state index contributed by atoms with van der Waals surface area (Å²) >= 11 is 0. The molecule has 24 heavy (non-hydrogen) atoms. The number of rotatable bonds is 5. The van der Waals surface area contributed by atoms with E-state index in [0.29, 0.717) is 11.3 Å². The second kappa shape index (κ2) is 6.58. The third-order valence-electron chi connectivity index (χ3n) is 3.73. The minimum absolute atomic E-state index is 0.232. The quantitative estimate of drug-likeness (QED) is 0.439. The molecule has 0 unspecified atom stereocenters. The van der Waals surface area contributed by atoms with Crippen molar-refractivity contribution in [1.82, 2.24) is 4.98 Å². The topological polar surface area (TPSA) is 72.3 Å². The van der Waals surface area contributed by atoms with Gasteiger partial charge >= 0.3 is 5.97 Å². The lowest BCUT2D eigenvalue weighted by atomic mass is 10.0. The number of hydrogen-bond acceptors (Lipinski definition) is 4. The van der Waals surface area contributed by atoms with Gasteiger partial charge < -0.3 is 14.1 Å². The first kappa shape index (κ1) is 15.8. The van der Waals surface area contributed by atoms with E-state index in [1.165, 1.54) is 18.4 Å². The van der Waals surface area contributed by atoms with E-state index in [0.717, 1.165) is 16.6 Å². The van der Waals surface area contributed by atoms with Crippen molar-refractivity contribution in [3.63, 3.8) is 0 Å². The van der Waals surface area contributed by atoms with Gasteiger partial charge in [0.05, 0.1) is 6.26 Å². The van der Waals surface area contributed by atoms with Crippen LogP contribution in [0.15, 0.2) is 53.2 Å². The fourth-order valence-electron chi connectivity index (χ4n) is 2.60. The normalized spacial score (nSPS) is 12.6. The minimum atomic E-state index is -0.878. The number of nitrogens with one attached hydrogen (secondary N) is 1. The first-order chi connectivity index (χ1) is 11.6. The molecule has 0 saturated carbocycles. The van der Waals surface area contributed by atoms with E-state index in [2.05, 4.69) is 4.98 Å². The summed E-state index contributed by atoms with van der Waals surface area (Å²) in [5, 5.41) is 0.828. The zero-order valence-corrected chi connectivity index (χ0v) is 13.4. The fraction of sp³-hybridized carbons (Fsp3) is 0.158. The van der Waals surface area contributed by atoms with Crippen molar-refractivity contribution in [2.75, 3.05) is 0 Å². The average molecular weight is 323 g/mol. The Balaban J connectivity index is 1.74. The number of para-hydroxylation sites is 1. The van der Waals surface area contributed by atoms with Gasteiger partial charge in [-0.3, -0.25) is 4.79 Å². The van der Waals surface area contributed by atoms with Crippen LogP contribution in [0, 0.1) is 6.92 Å². The molecule has 5 heteroatoms. The standard InChI is InChI=1S/C19H17NO4/c1-12-18(15-7-3-4-8-16(15)20-12)19(22)13(2)24-17(21)10-9-14-6-5-11-23-14/h3-11,13,20H,1-2H3/b10-9+/t13-/m0/s1. The molecule has 2 heterocycles. The molecule has 0 fully saturated rings. The average Bonchev–Trinajstić information content (AvgIpc) is 3.18. The molecule has 3 aromatic rings. The van der Waals surface area contributed by atoms with E-state index >= 15 is 0 Å². The zero-order chi connectivity index (χ0) is 17.1. The van der Waals surface area contributed by atoms with E-state index in [1.807, 2.05) is 31.2 Å². The summed E-state index contributed by atoms with van der Waals surface area (Å²) in [6.45, 7) is 3.40. The summed E-state index contributed by atoms with van der Waals surface area (Å²) in [7, 11) is 0. The van der Waals surface area contributed by atoms with Gasteiger partial charge in [-0.25, -0.2) is 4.79 Å². The van der Waals surface area contributed by atoms with Crippen molar-refractivity contribution in [3.05, 3.63) is 65.8 Å². The summed E-state index contributed by atoms with van der Waals surface area (Å²) in [6, 6.07) is 11.0. The van der Waals surface area contributed by atoms with Crippen LogP contribution in [0.25, 0.3) is 17.0 Å². The summed E-state index contributed by atoms with van der Waals surface area (Å²) in [6.07, 6.45) is 3.37. The molecule has 1 N–H and O–H groups in total. The Bertz CT molecular complexity index is 903. The summed E-state index contributed by atoms with van der Waals surface area (Å²) in [5.74, 6) is -0.284. The number of esters is 1. The largest absolute Gasteiger partial charge is 0.465 e. The molecule has 0 bridgehead atoms. The molecule has 1 aromatic carbocycles. The number of fused-ring (bicyclic) bond motifs is 1. The second-order valence-corrected chi connectivity index (χ2v) is 5.46. The van der Waals surface area contributed by atoms with Gasteiger partial charge in [0.25, 0.3) is 0 Å². The minimum Gasteiger partial charge on any atom is -0.465 e. The van der Waals surface area contributed by atoms with Gasteiger partial charge in [-0.15, -0.1) is 0 Å². The highest BCUT2D eigenvalue weighted by Crippen LogP contribution is 2.23. The molecule has 0 saturated heterocycles. The number of carbonyl (C=O) groups is 2. The van der Waals surface area contributed by atoms with Crippen LogP contribution >= 0.6 is 0 Å². The summed E-state index contributed by atoms with van der Waals surface area (Å²) < 4.78 is 10.3. The molecule has 0 spiro atoms. The van der Waals surface area contributed by atoms with E-state index in [-0.39, 0.29) is 5.78 Å². The van der Waals surface area contributed by atoms with E-state index in [9.17, 15) is 9.59 Å². The first-order valence-corrected chi connectivity index (χ1v) is 7.60. The maximum atomic E-state index is 12.7. The van der Waals surface area contributed by atoms with Crippen molar-refractivity contribution < 1.29 is 18.7 Å². The monoisotopic (exact) mass is 323 g/mol. The number of aromatic amines is 1. The number of aryl methyl sites for hydroxylation is 1. The highest BCUT2D eigenvalue weighted by molar-refractivity contribution is 6.11. The molecular weight excluding hydrogens is 306 g/mol. The van der Waals surface area contributed by atoms with Crippen molar-refractivity contribution in [1.29, 1.82) is 0 Å². The van der Waals surface area contributed by atoms with Gasteiger partial charge in [0.2, 0.25) is 5.78 Å². The molecule has 5 nitrogen and oxygen atoms in total. The molecule has 0 aliphatic carbocycles. The Morgan fingerprint density at radius 1 is 1.21 bits per heavy atom. The van der Waals surface area contributed by atoms with Crippen LogP contribution in [-0.4, -0.2) is 22.8 Å². The van der Waals surface area contributed by atoms with Crippen LogP contribution in [0.3, 0.4) is 0 Å². The SMILES string of the molecule is Cc1[nH]c2ccccc2c1C(=O)[C@H](C)OC(=O)/C=C/c1ccco1. The molecule has 3 rings (SSSR count). The van der Waals surface area contributed by atoms with Crippen LogP contribution in [-0.2, 0) is 9.53 Å². The van der Waals surface area contributed by atoms with Gasteiger partial charge in [0.15, 0.2) is 6.10 Å². The predicted octanol–water partition coefficient (Wildman–Crippen LogP) is 3.90. The van der Waals surface area contributed by atoms with Gasteiger partial charge in [-0.2, -0.15) is 0 Å². The van der Waals surface area contributed by atoms with Crippen LogP contribution < -0.4 is 0 Å². The number of carbonyl (C=O) groups excluding carboxylic acids is 2. The molecule has 0 radical (unpaired) electrons. The number of furan rings is 1. The lowest BCUT2D eigenvalue weighted by molar-refractivity contribution is -0.140. The molecule has 2 aromatic heterocycles. The number of ether oxygens (including phenoxy) is 1. The maximum absolute atomic E-state index is 12.7. The van der Waals surface area contributed by atoms with Crippen LogP contribution in [0.2, 0.25) is 0 Å². The van der Waals surface area contributed by atoms with Gasteiger partial charge in [-0.1, -0.05) is 18.2 Å². The van der Waals surface area contributed by atoms with E-state index in [1.54, 1.807) is 19.1 Å². The molecule has 1 atom stereocenters. The Hall–Kier alpha value is -3.08. The summed E-state index contributed by atoms with van der Waals surface area (Å²) in [5.41, 5.74) is 2.20. The Labute approximate surface area is 138 Å². The van der Waals surface area contributed by atoms with E-state index in [4.69, 9.17) is 9.15 Å². The second-order valence-electron chi connectivity index (χ2n) is 5.46. The number of hydrogen-bond donors (Lipinski definition) is 1. The molecule has 0 amide bonds. The Kier molecular flexibility index (Phi) is 4.33. The summed E-state index contributed by atoms with van der Waals surface area (Å²) in [4.78, 5) is 27.7.